The standard InChI is InChI=1S/C14H26.C14H20.C14H14.C14H10/c4*1-3-7-13(8-4-1)11-12-14-9-5-2-6-10-14/h13-14H,1-12H2;1,3-4,7-8,14H,2,5-6,9-12H2;1-10H,11-12H2;1-10H. The normalized spacial score (nSPS) is 15.9. The predicted octanol–water partition coefficient (Wildman–Crippen LogP) is 15.7. The number of hydrogen-bond acceptors (Lipinski definition) is 0. The van der Waals surface area contributed by atoms with Gasteiger partial charge in [-0.2, -0.15) is 0 Å². The Morgan fingerprint density at radius 3 is 0.875 bits per heavy atom. The summed E-state index contributed by atoms with van der Waals surface area (Å²) in [6, 6.07) is 52.2. The maximum Gasteiger partial charge on any atom is 0.0249 e. The molecule has 0 atom stereocenters. The molecule has 0 amide bonds. The van der Waals surface area contributed by atoms with Crippen LogP contribution in [-0.2, 0) is 19.3 Å². The average molecular weight is 743 g/mol. The Bertz CT molecular complexity index is 1600. The highest BCUT2D eigenvalue weighted by atomic mass is 14.2. The molecule has 0 N–H and O–H groups in total. The van der Waals surface area contributed by atoms with Crippen LogP contribution < -0.4 is 0 Å². The molecule has 8 rings (SSSR count). The largest absolute Gasteiger partial charge is 0.0622 e. The Hall–Kier alpha value is -4.34. The van der Waals surface area contributed by atoms with Crippen LogP contribution in [0.15, 0.2) is 152 Å². The zero-order valence-corrected chi connectivity index (χ0v) is 34.5. The molecule has 5 aromatic rings. The quantitative estimate of drug-likeness (QED) is 0.132. The van der Waals surface area contributed by atoms with Crippen molar-refractivity contribution in [3.63, 3.8) is 0 Å². The van der Waals surface area contributed by atoms with Crippen LogP contribution in [0.1, 0.15) is 143 Å². The maximum absolute atomic E-state index is 3.11. The van der Waals surface area contributed by atoms with Gasteiger partial charge in [-0.1, -0.05) is 248 Å². The summed E-state index contributed by atoms with van der Waals surface area (Å²) in [6.45, 7) is 0. The van der Waals surface area contributed by atoms with Crippen LogP contribution in [0, 0.1) is 29.6 Å². The highest BCUT2D eigenvalue weighted by molar-refractivity contribution is 5.42. The topological polar surface area (TPSA) is 0 Å². The van der Waals surface area contributed by atoms with Gasteiger partial charge in [-0.25, -0.2) is 0 Å². The second-order valence-electron chi connectivity index (χ2n) is 16.6. The van der Waals surface area contributed by atoms with E-state index in [1.807, 2.05) is 60.7 Å². The van der Waals surface area contributed by atoms with E-state index in [4.69, 9.17) is 0 Å². The van der Waals surface area contributed by atoms with E-state index in [0.29, 0.717) is 0 Å². The zero-order chi connectivity index (χ0) is 38.6. The lowest BCUT2D eigenvalue weighted by atomic mass is 9.80. The summed E-state index contributed by atoms with van der Waals surface area (Å²) in [5, 5.41) is 0. The lowest BCUT2D eigenvalue weighted by Gasteiger charge is -2.26. The number of rotatable bonds is 9. The van der Waals surface area contributed by atoms with Crippen LogP contribution in [0.2, 0.25) is 0 Å². The van der Waals surface area contributed by atoms with Crippen molar-refractivity contribution in [1.82, 2.24) is 0 Å². The molecule has 0 aliphatic heterocycles. The van der Waals surface area contributed by atoms with E-state index in [0.717, 1.165) is 41.7 Å². The van der Waals surface area contributed by atoms with Crippen LogP contribution in [0.5, 0.6) is 0 Å². The smallest absolute Gasteiger partial charge is 0.0249 e. The van der Waals surface area contributed by atoms with E-state index < -0.39 is 0 Å². The first-order chi connectivity index (χ1) is 27.8. The monoisotopic (exact) mass is 743 g/mol. The van der Waals surface area contributed by atoms with E-state index in [1.54, 1.807) is 38.5 Å². The molecule has 56 heavy (non-hydrogen) atoms. The highest BCUT2D eigenvalue weighted by Gasteiger charge is 2.18. The van der Waals surface area contributed by atoms with Crippen LogP contribution in [0.3, 0.4) is 0 Å². The van der Waals surface area contributed by atoms with Gasteiger partial charge in [-0.3, -0.25) is 0 Å². The van der Waals surface area contributed by atoms with Crippen LogP contribution >= 0.6 is 0 Å². The van der Waals surface area contributed by atoms with Crippen molar-refractivity contribution in [2.45, 2.75) is 135 Å². The van der Waals surface area contributed by atoms with E-state index in [2.05, 4.69) is 103 Å². The highest BCUT2D eigenvalue weighted by Crippen LogP contribution is 2.33. The Kier molecular flexibility index (Phi) is 20.9. The fraction of sp³-hybridized carbons (Fsp3) is 0.429. The van der Waals surface area contributed by atoms with Crippen LogP contribution in [-0.4, -0.2) is 0 Å². The SMILES string of the molecule is C(#Cc1ccccc1)c1ccccc1.C1CCC(CCC2CCCCC2)CC1.c1ccc(CCC2CCCCC2)cc1.c1ccc(CCc2ccccc2)cc1. The second-order valence-corrected chi connectivity index (χ2v) is 16.6. The van der Waals surface area contributed by atoms with Gasteiger partial charge in [0.05, 0.1) is 0 Å². The molecule has 0 saturated heterocycles. The van der Waals surface area contributed by atoms with Gasteiger partial charge in [0, 0.05) is 11.1 Å². The average Bonchev–Trinajstić information content (AvgIpc) is 3.30. The molecule has 3 saturated carbocycles. The molecular formula is C56H70. The van der Waals surface area contributed by atoms with E-state index in [1.165, 1.54) is 100 Å². The minimum absolute atomic E-state index is 1.02. The third-order valence-electron chi connectivity index (χ3n) is 12.1. The zero-order valence-electron chi connectivity index (χ0n) is 34.5. The van der Waals surface area contributed by atoms with E-state index in [-0.39, 0.29) is 0 Å². The Morgan fingerprint density at radius 1 is 0.286 bits per heavy atom. The third-order valence-corrected chi connectivity index (χ3v) is 12.1. The Balaban J connectivity index is 0.000000143. The Labute approximate surface area is 342 Å². The van der Waals surface area contributed by atoms with Crippen molar-refractivity contribution in [3.8, 4) is 11.8 Å². The van der Waals surface area contributed by atoms with E-state index in [9.17, 15) is 0 Å². The number of aryl methyl sites for hydroxylation is 3. The molecule has 294 valence electrons. The van der Waals surface area contributed by atoms with Crippen molar-refractivity contribution in [2.75, 3.05) is 0 Å². The van der Waals surface area contributed by atoms with Gasteiger partial charge in [0.2, 0.25) is 0 Å². The first kappa shape index (κ1) is 42.8. The number of hydrogen-bond donors (Lipinski definition) is 0. The van der Waals surface area contributed by atoms with Gasteiger partial charge in [0.15, 0.2) is 0 Å². The summed E-state index contributed by atoms with van der Waals surface area (Å²) in [6.07, 6.45) is 30.8. The summed E-state index contributed by atoms with van der Waals surface area (Å²) < 4.78 is 0. The minimum atomic E-state index is 1.02. The number of benzene rings is 5. The molecular weight excluding hydrogens is 673 g/mol. The van der Waals surface area contributed by atoms with Crippen molar-refractivity contribution in [1.29, 1.82) is 0 Å². The fourth-order valence-corrected chi connectivity index (χ4v) is 8.68. The second kappa shape index (κ2) is 27.3. The van der Waals surface area contributed by atoms with Crippen molar-refractivity contribution >= 4 is 0 Å². The summed E-state index contributed by atoms with van der Waals surface area (Å²) in [4.78, 5) is 0. The molecule has 5 aromatic carbocycles. The predicted molar refractivity (Wildman–Crippen MR) is 243 cm³/mol. The summed E-state index contributed by atoms with van der Waals surface area (Å²) in [7, 11) is 0. The molecule has 0 nitrogen and oxygen atoms in total. The van der Waals surface area contributed by atoms with Crippen molar-refractivity contribution in [3.05, 3.63) is 179 Å². The summed E-state index contributed by atoms with van der Waals surface area (Å²) in [5.41, 5.74) is 6.44. The molecule has 3 aliphatic carbocycles. The first-order valence-corrected chi connectivity index (χ1v) is 22.5. The molecule has 0 bridgehead atoms. The van der Waals surface area contributed by atoms with Gasteiger partial charge in [-0.15, -0.1) is 0 Å². The van der Waals surface area contributed by atoms with E-state index >= 15 is 0 Å². The van der Waals surface area contributed by atoms with Gasteiger partial charge < -0.3 is 0 Å². The van der Waals surface area contributed by atoms with Gasteiger partial charge in [-0.05, 0) is 84.4 Å². The molecule has 0 aromatic heterocycles. The molecule has 0 heteroatoms. The first-order valence-electron chi connectivity index (χ1n) is 22.5. The fourth-order valence-electron chi connectivity index (χ4n) is 8.68. The van der Waals surface area contributed by atoms with Crippen LogP contribution in [0.25, 0.3) is 0 Å². The molecule has 0 unspecified atom stereocenters. The molecule has 3 aliphatic rings. The van der Waals surface area contributed by atoms with Gasteiger partial charge in [0.1, 0.15) is 0 Å². The maximum atomic E-state index is 3.11. The molecule has 0 heterocycles. The molecule has 0 spiro atoms. The van der Waals surface area contributed by atoms with Crippen molar-refractivity contribution < 1.29 is 0 Å². The summed E-state index contributed by atoms with van der Waals surface area (Å²) >= 11 is 0. The minimum Gasteiger partial charge on any atom is -0.0622 e. The molecule has 3 fully saturated rings. The Morgan fingerprint density at radius 2 is 0.554 bits per heavy atom. The molecule has 0 radical (unpaired) electrons. The van der Waals surface area contributed by atoms with Crippen LogP contribution in [0.4, 0.5) is 0 Å². The van der Waals surface area contributed by atoms with Gasteiger partial charge >= 0.3 is 0 Å². The third kappa shape index (κ3) is 18.5. The lowest BCUT2D eigenvalue weighted by molar-refractivity contribution is 0.273. The van der Waals surface area contributed by atoms with Gasteiger partial charge in [0.25, 0.3) is 0 Å². The lowest BCUT2D eigenvalue weighted by Crippen LogP contribution is -2.11. The van der Waals surface area contributed by atoms with Crippen molar-refractivity contribution in [2.24, 2.45) is 17.8 Å². The summed E-state index contributed by atoms with van der Waals surface area (Å²) in [5.74, 6) is 9.47.